The van der Waals surface area contributed by atoms with Gasteiger partial charge in [-0.2, -0.15) is 0 Å². The third kappa shape index (κ3) is 2.32. The van der Waals surface area contributed by atoms with Crippen molar-refractivity contribution in [3.05, 3.63) is 16.3 Å². The molecule has 1 aliphatic carbocycles. The van der Waals surface area contributed by atoms with Crippen LogP contribution in [0.25, 0.3) is 10.2 Å². The molecule has 2 aromatic heterocycles. The highest BCUT2D eigenvalue weighted by Crippen LogP contribution is 2.44. The fraction of sp³-hybridized carbons (Fsp3) is 0.625. The molecule has 2 aromatic rings. The second-order valence-corrected chi connectivity index (χ2v) is 7.04. The average Bonchev–Trinajstić information content (AvgIpc) is 2.71. The molecule has 0 aliphatic heterocycles. The highest BCUT2D eigenvalue weighted by atomic mass is 32.1. The van der Waals surface area contributed by atoms with Crippen molar-refractivity contribution in [1.82, 2.24) is 9.97 Å². The molecule has 0 amide bonds. The van der Waals surface area contributed by atoms with E-state index in [1.54, 1.807) is 18.4 Å². The molecule has 0 spiro atoms. The first-order valence-corrected chi connectivity index (χ1v) is 8.50. The Morgan fingerprint density at radius 2 is 2.05 bits per heavy atom. The van der Waals surface area contributed by atoms with Gasteiger partial charge in [0.15, 0.2) is 5.82 Å². The van der Waals surface area contributed by atoms with Crippen LogP contribution in [-0.2, 0) is 10.3 Å². The van der Waals surface area contributed by atoms with Crippen molar-refractivity contribution in [2.24, 2.45) is 0 Å². The summed E-state index contributed by atoms with van der Waals surface area (Å²) in [6.45, 7) is 7.41. The molecule has 0 radical (unpaired) electrons. The molecule has 0 aromatic carbocycles. The number of rotatable bonds is 5. The maximum Gasteiger partial charge on any atom is 0.164 e. The minimum atomic E-state index is -0.261. The van der Waals surface area contributed by atoms with Gasteiger partial charge < -0.3 is 10.1 Å². The fourth-order valence-electron chi connectivity index (χ4n) is 2.84. The van der Waals surface area contributed by atoms with Crippen molar-refractivity contribution in [3.8, 4) is 0 Å². The standard InChI is InChI=1S/C16H23N3OS/c1-5-9-17-13-12-10(2)11(3)21-14(12)19-15(18-13)16(20-4)7-6-8-16/h5-9H2,1-4H3,(H,17,18,19). The van der Waals surface area contributed by atoms with E-state index in [-0.39, 0.29) is 5.60 Å². The van der Waals surface area contributed by atoms with Crippen LogP contribution in [0.1, 0.15) is 48.9 Å². The van der Waals surface area contributed by atoms with E-state index in [1.807, 2.05) is 0 Å². The Morgan fingerprint density at radius 1 is 1.29 bits per heavy atom. The highest BCUT2D eigenvalue weighted by Gasteiger charge is 2.42. The van der Waals surface area contributed by atoms with Crippen LogP contribution in [0.5, 0.6) is 0 Å². The van der Waals surface area contributed by atoms with Crippen molar-refractivity contribution in [3.63, 3.8) is 0 Å². The molecule has 1 aliphatic rings. The predicted molar refractivity (Wildman–Crippen MR) is 88.2 cm³/mol. The lowest BCUT2D eigenvalue weighted by molar-refractivity contribution is -0.0843. The lowest BCUT2D eigenvalue weighted by Gasteiger charge is -2.38. The molecule has 0 bridgehead atoms. The molecule has 0 saturated heterocycles. The largest absolute Gasteiger partial charge is 0.370 e. The maximum absolute atomic E-state index is 5.76. The minimum absolute atomic E-state index is 0.261. The molecular formula is C16H23N3OS. The average molecular weight is 305 g/mol. The van der Waals surface area contributed by atoms with Gasteiger partial charge in [-0.05, 0) is 45.1 Å². The van der Waals surface area contributed by atoms with E-state index in [0.717, 1.165) is 42.3 Å². The van der Waals surface area contributed by atoms with Gasteiger partial charge in [0, 0.05) is 18.5 Å². The van der Waals surface area contributed by atoms with Crippen LogP contribution < -0.4 is 5.32 Å². The van der Waals surface area contributed by atoms with Gasteiger partial charge in [-0.3, -0.25) is 0 Å². The van der Waals surface area contributed by atoms with Crippen molar-refractivity contribution in [2.75, 3.05) is 19.0 Å². The molecule has 3 rings (SSSR count). The Balaban J connectivity index is 2.15. The number of aryl methyl sites for hydroxylation is 2. The van der Waals surface area contributed by atoms with E-state index in [9.17, 15) is 0 Å². The highest BCUT2D eigenvalue weighted by molar-refractivity contribution is 7.18. The van der Waals surface area contributed by atoms with Crippen LogP contribution >= 0.6 is 11.3 Å². The fourth-order valence-corrected chi connectivity index (χ4v) is 3.87. The van der Waals surface area contributed by atoms with E-state index in [4.69, 9.17) is 14.7 Å². The lowest BCUT2D eigenvalue weighted by atomic mass is 9.79. The van der Waals surface area contributed by atoms with Crippen molar-refractivity contribution < 1.29 is 4.74 Å². The smallest absolute Gasteiger partial charge is 0.164 e. The van der Waals surface area contributed by atoms with Crippen LogP contribution in [0.3, 0.4) is 0 Å². The molecule has 1 N–H and O–H groups in total. The van der Waals surface area contributed by atoms with Crippen LogP contribution in [0.4, 0.5) is 5.82 Å². The van der Waals surface area contributed by atoms with Crippen molar-refractivity contribution >= 4 is 27.4 Å². The Bertz CT molecular complexity index is 656. The molecule has 1 fully saturated rings. The maximum atomic E-state index is 5.76. The second kappa shape index (κ2) is 5.54. The van der Waals surface area contributed by atoms with Gasteiger partial charge in [-0.25, -0.2) is 9.97 Å². The van der Waals surface area contributed by atoms with E-state index in [0.29, 0.717) is 0 Å². The third-order valence-corrected chi connectivity index (χ3v) is 5.63. The Kier molecular flexibility index (Phi) is 3.88. The summed E-state index contributed by atoms with van der Waals surface area (Å²) < 4.78 is 5.76. The molecular weight excluding hydrogens is 282 g/mol. The number of ether oxygens (including phenoxy) is 1. The Labute approximate surface area is 129 Å². The van der Waals surface area contributed by atoms with Crippen LogP contribution in [-0.4, -0.2) is 23.6 Å². The summed E-state index contributed by atoms with van der Waals surface area (Å²) in [4.78, 5) is 12.1. The monoisotopic (exact) mass is 305 g/mol. The zero-order valence-corrected chi connectivity index (χ0v) is 14.1. The number of nitrogens with zero attached hydrogens (tertiary/aromatic N) is 2. The topological polar surface area (TPSA) is 47.0 Å². The van der Waals surface area contributed by atoms with Crippen LogP contribution in [0.2, 0.25) is 0 Å². The molecule has 21 heavy (non-hydrogen) atoms. The van der Waals surface area contributed by atoms with E-state index in [2.05, 4.69) is 26.1 Å². The Hall–Kier alpha value is -1.20. The van der Waals surface area contributed by atoms with Gasteiger partial charge in [0.25, 0.3) is 0 Å². The quantitative estimate of drug-likeness (QED) is 0.901. The number of hydrogen-bond donors (Lipinski definition) is 1. The number of anilines is 1. The number of fused-ring (bicyclic) bond motifs is 1. The Morgan fingerprint density at radius 3 is 2.62 bits per heavy atom. The summed E-state index contributed by atoms with van der Waals surface area (Å²) in [5.41, 5.74) is 1.03. The van der Waals surface area contributed by atoms with Gasteiger partial charge in [-0.1, -0.05) is 6.92 Å². The zero-order chi connectivity index (χ0) is 15.0. The van der Waals surface area contributed by atoms with E-state index < -0.39 is 0 Å². The third-order valence-electron chi connectivity index (χ3n) is 4.53. The van der Waals surface area contributed by atoms with Gasteiger partial charge >= 0.3 is 0 Å². The second-order valence-electron chi connectivity index (χ2n) is 5.84. The van der Waals surface area contributed by atoms with Gasteiger partial charge in [-0.15, -0.1) is 11.3 Å². The van der Waals surface area contributed by atoms with Crippen molar-refractivity contribution in [1.29, 1.82) is 0 Å². The SMILES string of the molecule is CCCNc1nc(C2(OC)CCC2)nc2sc(C)c(C)c12. The molecule has 5 heteroatoms. The first-order chi connectivity index (χ1) is 10.1. The van der Waals surface area contributed by atoms with E-state index >= 15 is 0 Å². The zero-order valence-electron chi connectivity index (χ0n) is 13.2. The van der Waals surface area contributed by atoms with Crippen LogP contribution in [0.15, 0.2) is 0 Å². The van der Waals surface area contributed by atoms with Gasteiger partial charge in [0.1, 0.15) is 16.2 Å². The number of nitrogens with one attached hydrogen (secondary N) is 1. The number of hydrogen-bond acceptors (Lipinski definition) is 5. The molecule has 0 atom stereocenters. The number of methoxy groups -OCH3 is 1. The summed E-state index contributed by atoms with van der Waals surface area (Å²) >= 11 is 1.76. The minimum Gasteiger partial charge on any atom is -0.370 e. The first kappa shape index (κ1) is 14.7. The lowest BCUT2D eigenvalue weighted by Crippen LogP contribution is -2.38. The summed E-state index contributed by atoms with van der Waals surface area (Å²) in [5.74, 6) is 1.82. The summed E-state index contributed by atoms with van der Waals surface area (Å²) in [7, 11) is 1.77. The molecule has 4 nitrogen and oxygen atoms in total. The van der Waals surface area contributed by atoms with E-state index in [1.165, 1.54) is 22.2 Å². The predicted octanol–water partition coefficient (Wildman–Crippen LogP) is 4.16. The van der Waals surface area contributed by atoms with Crippen molar-refractivity contribution in [2.45, 2.75) is 52.1 Å². The van der Waals surface area contributed by atoms with Gasteiger partial charge in [0.05, 0.1) is 5.39 Å². The number of thiophene rings is 1. The molecule has 1 saturated carbocycles. The summed E-state index contributed by atoms with van der Waals surface area (Å²) in [5, 5.41) is 4.66. The summed E-state index contributed by atoms with van der Waals surface area (Å²) in [6.07, 6.45) is 4.31. The first-order valence-electron chi connectivity index (χ1n) is 7.68. The van der Waals surface area contributed by atoms with Gasteiger partial charge in [0.2, 0.25) is 0 Å². The van der Waals surface area contributed by atoms with Crippen LogP contribution in [0, 0.1) is 13.8 Å². The normalized spacial score (nSPS) is 17.0. The summed E-state index contributed by atoms with van der Waals surface area (Å²) in [6, 6.07) is 0. The molecule has 2 heterocycles. The molecule has 0 unspecified atom stereocenters. The molecule has 114 valence electrons. The number of aromatic nitrogens is 2.